The van der Waals surface area contributed by atoms with E-state index >= 15 is 0 Å². The number of nitrogens with zero attached hydrogens (tertiary/aromatic N) is 2. The van der Waals surface area contributed by atoms with Crippen LogP contribution in [-0.2, 0) is 9.63 Å². The number of rotatable bonds is 5. The van der Waals surface area contributed by atoms with Crippen LogP contribution in [0.2, 0.25) is 0 Å². The highest BCUT2D eigenvalue weighted by atomic mass is 19.1. The van der Waals surface area contributed by atoms with Gasteiger partial charge in [0.25, 0.3) is 0 Å². The summed E-state index contributed by atoms with van der Waals surface area (Å²) in [7, 11) is 3.90. The van der Waals surface area contributed by atoms with Crippen LogP contribution in [0.4, 0.5) is 4.39 Å². The highest BCUT2D eigenvalue weighted by Crippen LogP contribution is 2.19. The van der Waals surface area contributed by atoms with Crippen LogP contribution in [0.3, 0.4) is 0 Å². The number of hydrogen-bond donors (Lipinski definition) is 1. The van der Waals surface area contributed by atoms with Crippen LogP contribution in [0, 0.1) is 5.82 Å². The number of halogens is 1. The summed E-state index contributed by atoms with van der Waals surface area (Å²) in [5, 5.41) is 6.65. The first kappa shape index (κ1) is 14.2. The quantitative estimate of drug-likeness (QED) is 0.498. The summed E-state index contributed by atoms with van der Waals surface area (Å²) >= 11 is 0. The number of carbonyl (C=O) groups excluding carboxylic acids is 1. The predicted molar refractivity (Wildman–Crippen MR) is 73.7 cm³/mol. The van der Waals surface area contributed by atoms with Gasteiger partial charge in [-0.15, -0.1) is 0 Å². The van der Waals surface area contributed by atoms with E-state index in [4.69, 9.17) is 0 Å². The van der Waals surface area contributed by atoms with Gasteiger partial charge in [0.1, 0.15) is 17.1 Å². The molecule has 0 amide bonds. The van der Waals surface area contributed by atoms with E-state index in [0.29, 0.717) is 6.54 Å². The third-order valence-electron chi connectivity index (χ3n) is 2.77. The molecule has 0 bridgehead atoms. The largest absolute Gasteiger partial charge is 0.389 e. The Morgan fingerprint density at radius 1 is 1.40 bits per heavy atom. The van der Waals surface area contributed by atoms with E-state index < -0.39 is 11.8 Å². The zero-order valence-electron chi connectivity index (χ0n) is 11.4. The van der Waals surface area contributed by atoms with E-state index in [1.807, 2.05) is 19.0 Å². The number of nitrogens with one attached hydrogen (secondary N) is 1. The van der Waals surface area contributed by atoms with Crippen molar-refractivity contribution in [2.24, 2.45) is 5.16 Å². The molecule has 0 spiro atoms. The van der Waals surface area contributed by atoms with Crippen molar-refractivity contribution in [2.75, 3.05) is 27.2 Å². The van der Waals surface area contributed by atoms with Crippen LogP contribution in [0.25, 0.3) is 0 Å². The molecule has 106 valence electrons. The molecule has 0 aromatic heterocycles. The molecular weight excluding hydrogens is 261 g/mol. The molecule has 0 fully saturated rings. The fourth-order valence-electron chi connectivity index (χ4n) is 1.72. The third kappa shape index (κ3) is 3.21. The molecule has 6 heteroatoms. The second-order valence-electron chi connectivity index (χ2n) is 4.61. The zero-order chi connectivity index (χ0) is 14.5. The smallest absolute Gasteiger partial charge is 0.369 e. The molecule has 20 heavy (non-hydrogen) atoms. The minimum atomic E-state index is -0.583. The lowest BCUT2D eigenvalue weighted by atomic mass is 10.0. The molecule has 0 saturated heterocycles. The Labute approximate surface area is 116 Å². The van der Waals surface area contributed by atoms with Gasteiger partial charge in [-0.05, 0) is 26.2 Å². The summed E-state index contributed by atoms with van der Waals surface area (Å²) < 4.78 is 13.7. The van der Waals surface area contributed by atoms with Crippen LogP contribution >= 0.6 is 0 Å². The number of likely N-dealkylation sites (N-methyl/N-ethyl adjacent to an activating group) is 1. The van der Waals surface area contributed by atoms with Crippen LogP contribution in [0.5, 0.6) is 0 Å². The topological polar surface area (TPSA) is 53.9 Å². The summed E-state index contributed by atoms with van der Waals surface area (Å²) in [6.07, 6.45) is 1.52. The summed E-state index contributed by atoms with van der Waals surface area (Å²) in [6, 6.07) is 6.14. The molecular formula is C14H16FN3O2. The summed E-state index contributed by atoms with van der Waals surface area (Å²) in [6.45, 7) is 1.47. The highest BCUT2D eigenvalue weighted by Gasteiger charge is 2.28. The second kappa shape index (κ2) is 6.29. The van der Waals surface area contributed by atoms with Crippen LogP contribution in [0.15, 0.2) is 41.2 Å². The lowest BCUT2D eigenvalue weighted by Gasteiger charge is -2.09. The van der Waals surface area contributed by atoms with Gasteiger partial charge >= 0.3 is 5.97 Å². The van der Waals surface area contributed by atoms with Crippen molar-refractivity contribution in [3.05, 3.63) is 47.4 Å². The number of oxime groups is 1. The highest BCUT2D eigenvalue weighted by molar-refractivity contribution is 6.28. The summed E-state index contributed by atoms with van der Waals surface area (Å²) in [5.41, 5.74) is 0.693. The molecule has 0 aliphatic carbocycles. The first-order chi connectivity index (χ1) is 9.59. The second-order valence-corrected chi connectivity index (χ2v) is 4.61. The molecule has 1 aliphatic rings. The van der Waals surface area contributed by atoms with Crippen molar-refractivity contribution in [2.45, 2.75) is 0 Å². The van der Waals surface area contributed by atoms with Crippen molar-refractivity contribution >= 4 is 11.7 Å². The molecule has 1 aromatic carbocycles. The standard InChI is InChI=1S/C14H16FN3O2/c1-18(2)8-7-16-9-11-13(17-20-14(11)19)10-5-3-4-6-12(10)15/h3-6,9,16H,7-8H2,1-2H3. The number of hydrogen-bond acceptors (Lipinski definition) is 5. The Morgan fingerprint density at radius 3 is 2.85 bits per heavy atom. The Bertz CT molecular complexity index is 567. The molecule has 5 nitrogen and oxygen atoms in total. The van der Waals surface area contributed by atoms with Gasteiger partial charge in [-0.3, -0.25) is 0 Å². The van der Waals surface area contributed by atoms with E-state index in [9.17, 15) is 9.18 Å². The van der Waals surface area contributed by atoms with Gasteiger partial charge in [-0.2, -0.15) is 0 Å². The Hall–Kier alpha value is -2.21. The van der Waals surface area contributed by atoms with Crippen molar-refractivity contribution in [3.8, 4) is 0 Å². The van der Waals surface area contributed by atoms with Crippen LogP contribution in [0.1, 0.15) is 5.56 Å². The molecule has 2 rings (SSSR count). The van der Waals surface area contributed by atoms with E-state index in [1.54, 1.807) is 18.2 Å². The molecule has 0 unspecified atom stereocenters. The van der Waals surface area contributed by atoms with Crippen molar-refractivity contribution in [3.63, 3.8) is 0 Å². The Balaban J connectivity index is 2.15. The van der Waals surface area contributed by atoms with Crippen molar-refractivity contribution < 1.29 is 14.0 Å². The molecule has 0 atom stereocenters. The molecule has 1 N–H and O–H groups in total. The first-order valence-corrected chi connectivity index (χ1v) is 6.22. The van der Waals surface area contributed by atoms with Gasteiger partial charge in [0, 0.05) is 24.9 Å². The monoisotopic (exact) mass is 277 g/mol. The van der Waals surface area contributed by atoms with E-state index in [2.05, 4.69) is 15.3 Å². The minimum absolute atomic E-state index is 0.213. The number of carbonyl (C=O) groups is 1. The average molecular weight is 277 g/mol. The fourth-order valence-corrected chi connectivity index (χ4v) is 1.72. The first-order valence-electron chi connectivity index (χ1n) is 6.22. The lowest BCUT2D eigenvalue weighted by molar-refractivity contribution is -0.136. The normalized spacial score (nSPS) is 16.5. The van der Waals surface area contributed by atoms with Crippen LogP contribution in [-0.4, -0.2) is 43.8 Å². The molecule has 1 heterocycles. The van der Waals surface area contributed by atoms with E-state index in [1.165, 1.54) is 12.3 Å². The minimum Gasteiger partial charge on any atom is -0.389 e. The SMILES string of the molecule is CN(C)CCNC=C1C(=O)ON=C1c1ccccc1F. The Morgan fingerprint density at radius 2 is 2.15 bits per heavy atom. The van der Waals surface area contributed by atoms with Crippen molar-refractivity contribution in [1.29, 1.82) is 0 Å². The lowest BCUT2D eigenvalue weighted by Crippen LogP contribution is -2.24. The van der Waals surface area contributed by atoms with Crippen LogP contribution < -0.4 is 5.32 Å². The van der Waals surface area contributed by atoms with E-state index in [0.717, 1.165) is 6.54 Å². The van der Waals surface area contributed by atoms with Gasteiger partial charge in [0.2, 0.25) is 0 Å². The zero-order valence-corrected chi connectivity index (χ0v) is 11.4. The van der Waals surface area contributed by atoms with Gasteiger partial charge in [0.05, 0.1) is 0 Å². The van der Waals surface area contributed by atoms with E-state index in [-0.39, 0.29) is 16.8 Å². The molecule has 1 aliphatic heterocycles. The molecule has 1 aromatic rings. The predicted octanol–water partition coefficient (Wildman–Crippen LogP) is 1.12. The molecule has 0 saturated carbocycles. The van der Waals surface area contributed by atoms with Crippen molar-refractivity contribution in [1.82, 2.24) is 10.2 Å². The van der Waals surface area contributed by atoms with Gasteiger partial charge in [0.15, 0.2) is 0 Å². The average Bonchev–Trinajstić information content (AvgIpc) is 2.76. The molecule has 0 radical (unpaired) electrons. The maximum Gasteiger partial charge on any atom is 0.369 e. The van der Waals surface area contributed by atoms with Gasteiger partial charge in [-0.25, -0.2) is 9.18 Å². The summed E-state index contributed by atoms with van der Waals surface area (Å²) in [5.74, 6) is -1.02. The Kier molecular flexibility index (Phi) is 4.47. The van der Waals surface area contributed by atoms with Gasteiger partial charge < -0.3 is 15.1 Å². The maximum absolute atomic E-state index is 13.7. The third-order valence-corrected chi connectivity index (χ3v) is 2.77. The number of benzene rings is 1. The van der Waals surface area contributed by atoms with Gasteiger partial charge in [-0.1, -0.05) is 17.3 Å². The summed E-state index contributed by atoms with van der Waals surface area (Å²) in [4.78, 5) is 18.3. The fraction of sp³-hybridized carbons (Fsp3) is 0.286. The maximum atomic E-state index is 13.7.